The predicted octanol–water partition coefficient (Wildman–Crippen LogP) is 2.11. The Kier molecular flexibility index (Phi) is 2.88. The maximum atomic E-state index is 4.70. The molecule has 0 bridgehead atoms. The minimum Gasteiger partial charge on any atom is -0.316 e. The summed E-state index contributed by atoms with van der Waals surface area (Å²) in [6, 6.07) is 10.1. The second kappa shape index (κ2) is 4.53. The maximum absolute atomic E-state index is 4.70. The number of hydrogen-bond acceptors (Lipinski definition) is 3. The van der Waals surface area contributed by atoms with Crippen molar-refractivity contribution in [2.24, 2.45) is 0 Å². The van der Waals surface area contributed by atoms with E-state index in [-0.39, 0.29) is 5.41 Å². The van der Waals surface area contributed by atoms with E-state index in [4.69, 9.17) is 4.98 Å². The number of H-pyrrole nitrogens is 1. The largest absolute Gasteiger partial charge is 0.316 e. The molecule has 1 unspecified atom stereocenters. The molecule has 0 saturated carbocycles. The molecule has 94 valence electrons. The van der Waals surface area contributed by atoms with Crippen LogP contribution in [0.1, 0.15) is 25.6 Å². The molecular weight excluding hydrogens is 224 g/mol. The Morgan fingerprint density at radius 1 is 1.28 bits per heavy atom. The van der Waals surface area contributed by atoms with Crippen LogP contribution in [-0.4, -0.2) is 28.3 Å². The summed E-state index contributed by atoms with van der Waals surface area (Å²) in [6.45, 7) is 4.28. The molecule has 18 heavy (non-hydrogen) atoms. The maximum Gasteiger partial charge on any atom is 0.181 e. The highest BCUT2D eigenvalue weighted by atomic mass is 15.2. The van der Waals surface area contributed by atoms with Gasteiger partial charge in [0, 0.05) is 17.5 Å². The first-order chi connectivity index (χ1) is 8.84. The molecule has 1 atom stereocenters. The van der Waals surface area contributed by atoms with Crippen molar-refractivity contribution < 1.29 is 0 Å². The van der Waals surface area contributed by atoms with Crippen LogP contribution in [0.5, 0.6) is 0 Å². The molecule has 4 nitrogen and oxygen atoms in total. The van der Waals surface area contributed by atoms with E-state index in [0.29, 0.717) is 0 Å². The number of nitrogens with zero attached hydrogens (tertiary/aromatic N) is 2. The molecule has 2 aromatic rings. The van der Waals surface area contributed by atoms with Crippen molar-refractivity contribution in [3.05, 3.63) is 36.2 Å². The Bertz CT molecular complexity index is 512. The van der Waals surface area contributed by atoms with Gasteiger partial charge in [-0.05, 0) is 19.4 Å². The molecule has 1 aromatic heterocycles. The monoisotopic (exact) mass is 242 g/mol. The van der Waals surface area contributed by atoms with Crippen LogP contribution < -0.4 is 5.32 Å². The number of hydrogen-bond donors (Lipinski definition) is 2. The summed E-state index contributed by atoms with van der Waals surface area (Å²) in [4.78, 5) is 4.70. The van der Waals surface area contributed by atoms with Crippen LogP contribution in [0.3, 0.4) is 0 Å². The average molecular weight is 242 g/mol. The number of benzene rings is 1. The van der Waals surface area contributed by atoms with Crippen molar-refractivity contribution in [3.8, 4) is 11.4 Å². The third kappa shape index (κ3) is 1.82. The normalized spacial score (nSPS) is 23.4. The first-order valence-electron chi connectivity index (χ1n) is 6.53. The van der Waals surface area contributed by atoms with Crippen molar-refractivity contribution >= 4 is 0 Å². The van der Waals surface area contributed by atoms with Gasteiger partial charge in [0.25, 0.3) is 0 Å². The second-order valence-electron chi connectivity index (χ2n) is 4.93. The molecule has 4 heteroatoms. The number of aromatic amines is 1. The van der Waals surface area contributed by atoms with Crippen molar-refractivity contribution in [2.45, 2.75) is 25.2 Å². The minimum atomic E-state index is 0.139. The topological polar surface area (TPSA) is 53.6 Å². The smallest absolute Gasteiger partial charge is 0.181 e. The van der Waals surface area contributed by atoms with E-state index in [9.17, 15) is 0 Å². The Labute approximate surface area is 107 Å². The lowest BCUT2D eigenvalue weighted by molar-refractivity contribution is 0.427. The van der Waals surface area contributed by atoms with E-state index in [2.05, 4.69) is 22.4 Å². The molecular formula is C14H18N4. The lowest BCUT2D eigenvalue weighted by atomic mass is 9.83. The molecule has 1 saturated heterocycles. The minimum absolute atomic E-state index is 0.139. The molecule has 3 rings (SSSR count). The summed E-state index contributed by atoms with van der Waals surface area (Å²) in [5.41, 5.74) is 1.21. The summed E-state index contributed by atoms with van der Waals surface area (Å²) >= 11 is 0. The van der Waals surface area contributed by atoms with Crippen molar-refractivity contribution in [3.63, 3.8) is 0 Å². The number of nitrogens with one attached hydrogen (secondary N) is 2. The van der Waals surface area contributed by atoms with Crippen LogP contribution in [0.2, 0.25) is 0 Å². The van der Waals surface area contributed by atoms with Gasteiger partial charge in [-0.15, -0.1) is 0 Å². The zero-order valence-electron chi connectivity index (χ0n) is 10.6. The van der Waals surface area contributed by atoms with Crippen molar-refractivity contribution in [1.82, 2.24) is 20.5 Å². The van der Waals surface area contributed by atoms with Crippen LogP contribution in [-0.2, 0) is 5.41 Å². The fourth-order valence-electron chi connectivity index (χ4n) is 2.63. The van der Waals surface area contributed by atoms with E-state index >= 15 is 0 Å². The van der Waals surface area contributed by atoms with Crippen LogP contribution in [0.25, 0.3) is 11.4 Å². The van der Waals surface area contributed by atoms with Gasteiger partial charge in [-0.2, -0.15) is 5.10 Å². The van der Waals surface area contributed by atoms with E-state index in [0.717, 1.165) is 43.1 Å². The van der Waals surface area contributed by atoms with Gasteiger partial charge in [0.15, 0.2) is 5.82 Å². The van der Waals surface area contributed by atoms with E-state index in [1.54, 1.807) is 0 Å². The van der Waals surface area contributed by atoms with Gasteiger partial charge >= 0.3 is 0 Å². The summed E-state index contributed by atoms with van der Waals surface area (Å²) in [5, 5.41) is 10.9. The van der Waals surface area contributed by atoms with Crippen LogP contribution in [0, 0.1) is 0 Å². The first-order valence-corrected chi connectivity index (χ1v) is 6.53. The highest BCUT2D eigenvalue weighted by Gasteiger charge is 2.37. The van der Waals surface area contributed by atoms with Gasteiger partial charge in [-0.3, -0.25) is 5.10 Å². The molecule has 1 aliphatic rings. The zero-order valence-corrected chi connectivity index (χ0v) is 10.6. The van der Waals surface area contributed by atoms with Gasteiger partial charge < -0.3 is 5.32 Å². The Morgan fingerprint density at radius 2 is 2.11 bits per heavy atom. The van der Waals surface area contributed by atoms with Gasteiger partial charge in [0.2, 0.25) is 0 Å². The molecule has 1 fully saturated rings. The summed E-state index contributed by atoms with van der Waals surface area (Å²) < 4.78 is 0. The molecule has 0 radical (unpaired) electrons. The van der Waals surface area contributed by atoms with Crippen LogP contribution >= 0.6 is 0 Å². The van der Waals surface area contributed by atoms with E-state index in [1.807, 2.05) is 30.3 Å². The highest BCUT2D eigenvalue weighted by molar-refractivity contribution is 5.54. The fraction of sp³-hybridized carbons (Fsp3) is 0.429. The molecule has 0 spiro atoms. The zero-order chi connectivity index (χ0) is 12.4. The number of aromatic nitrogens is 3. The molecule has 2 heterocycles. The van der Waals surface area contributed by atoms with E-state index in [1.165, 1.54) is 0 Å². The summed E-state index contributed by atoms with van der Waals surface area (Å²) in [5.74, 6) is 1.82. The molecule has 2 N–H and O–H groups in total. The number of rotatable bonds is 3. The van der Waals surface area contributed by atoms with Crippen LogP contribution in [0.15, 0.2) is 30.3 Å². The summed E-state index contributed by atoms with van der Waals surface area (Å²) in [6.07, 6.45) is 2.22. The quantitative estimate of drug-likeness (QED) is 0.866. The highest BCUT2D eigenvalue weighted by Crippen LogP contribution is 2.32. The molecule has 1 aliphatic heterocycles. The third-order valence-corrected chi connectivity index (χ3v) is 3.94. The van der Waals surface area contributed by atoms with E-state index < -0.39 is 0 Å². The molecule has 0 amide bonds. The SMILES string of the molecule is CCC1(c2nc(-c3ccccc3)n[nH]2)CCNC1. The van der Waals surface area contributed by atoms with Gasteiger partial charge in [-0.1, -0.05) is 37.3 Å². The predicted molar refractivity (Wildman–Crippen MR) is 71.3 cm³/mol. The first kappa shape index (κ1) is 11.4. The Balaban J connectivity index is 1.94. The van der Waals surface area contributed by atoms with Crippen LogP contribution in [0.4, 0.5) is 0 Å². The standard InChI is InChI=1S/C14H18N4/c1-2-14(8-9-15-10-14)13-16-12(17-18-13)11-6-4-3-5-7-11/h3-7,15H,2,8-10H2,1H3,(H,16,17,18). The second-order valence-corrected chi connectivity index (χ2v) is 4.93. The van der Waals surface area contributed by atoms with Crippen molar-refractivity contribution in [1.29, 1.82) is 0 Å². The van der Waals surface area contributed by atoms with Gasteiger partial charge in [-0.25, -0.2) is 4.98 Å². The Morgan fingerprint density at radius 3 is 2.78 bits per heavy atom. The van der Waals surface area contributed by atoms with Gasteiger partial charge in [0.1, 0.15) is 5.82 Å². The fourth-order valence-corrected chi connectivity index (χ4v) is 2.63. The average Bonchev–Trinajstić information content (AvgIpc) is 3.09. The third-order valence-electron chi connectivity index (χ3n) is 3.94. The lowest BCUT2D eigenvalue weighted by Crippen LogP contribution is -2.29. The van der Waals surface area contributed by atoms with Crippen molar-refractivity contribution in [2.75, 3.05) is 13.1 Å². The van der Waals surface area contributed by atoms with Gasteiger partial charge in [0.05, 0.1) is 0 Å². The molecule has 1 aromatic carbocycles. The lowest BCUT2D eigenvalue weighted by Gasteiger charge is -2.22. The molecule has 0 aliphatic carbocycles. The summed E-state index contributed by atoms with van der Waals surface area (Å²) in [7, 11) is 0. The Hall–Kier alpha value is -1.68.